The van der Waals surface area contributed by atoms with Crippen LogP contribution in [0.25, 0.3) is 21.7 Å². The molecule has 7 nitrogen and oxygen atoms in total. The highest BCUT2D eigenvalue weighted by Gasteiger charge is 2.21. The summed E-state index contributed by atoms with van der Waals surface area (Å²) in [5.41, 5.74) is 2.26. The highest BCUT2D eigenvalue weighted by atomic mass is 35.5. The highest BCUT2D eigenvalue weighted by Crippen LogP contribution is 2.31. The Labute approximate surface area is 213 Å². The zero-order valence-corrected chi connectivity index (χ0v) is 21.7. The lowest BCUT2D eigenvalue weighted by atomic mass is 10.2. The van der Waals surface area contributed by atoms with Gasteiger partial charge in [0, 0.05) is 10.7 Å². The highest BCUT2D eigenvalue weighted by molar-refractivity contribution is 7.99. The van der Waals surface area contributed by atoms with Gasteiger partial charge in [-0.15, -0.1) is 0 Å². The van der Waals surface area contributed by atoms with Crippen LogP contribution in [-0.4, -0.2) is 39.6 Å². The lowest BCUT2D eigenvalue weighted by molar-refractivity contribution is -0.139. The number of thiazole rings is 1. The number of benzene rings is 2. The van der Waals surface area contributed by atoms with E-state index in [1.165, 1.54) is 23.0 Å². The van der Waals surface area contributed by atoms with Gasteiger partial charge in [-0.3, -0.25) is 18.7 Å². The number of fused-ring (bicyclic) bond motifs is 1. The number of esters is 1. The zero-order valence-electron chi connectivity index (χ0n) is 18.5. The molecule has 0 unspecified atom stereocenters. The van der Waals surface area contributed by atoms with Crippen LogP contribution in [0.5, 0.6) is 5.75 Å². The average molecular weight is 534 g/mol. The van der Waals surface area contributed by atoms with Gasteiger partial charge in [-0.05, 0) is 62.0 Å². The first-order chi connectivity index (χ1) is 16.3. The SMILES string of the molecule is CCOC(=O)CSc1nc2c(sc(=S)n2-c2ccc(Cl)c(C)c2)c(=O)n1-c1ccccc1OC. The standard InChI is InChI=1S/C23H20ClN3O4S3/c1-4-31-18(28)12-33-22-25-20-19(21(29)27(22)16-7-5-6-8-17(16)30-3)34-23(32)26(20)14-9-10-15(24)13(2)11-14/h5-11H,4,12H2,1-3H3. The Bertz CT molecular complexity index is 1510. The molecule has 0 N–H and O–H groups in total. The van der Waals surface area contributed by atoms with E-state index in [0.717, 1.165) is 23.0 Å². The molecule has 0 atom stereocenters. The van der Waals surface area contributed by atoms with Gasteiger partial charge in [-0.25, -0.2) is 4.98 Å². The number of carbonyl (C=O) groups is 1. The zero-order chi connectivity index (χ0) is 24.4. The number of carbonyl (C=O) groups excluding carboxylic acids is 1. The fourth-order valence-corrected chi connectivity index (χ4v) is 5.60. The molecule has 0 amide bonds. The normalized spacial score (nSPS) is 11.1. The van der Waals surface area contributed by atoms with Crippen LogP contribution in [0.1, 0.15) is 12.5 Å². The summed E-state index contributed by atoms with van der Waals surface area (Å²) in [6, 6.07) is 12.6. The molecule has 0 radical (unpaired) electrons. The first-order valence-corrected chi connectivity index (χ1v) is 12.8. The van der Waals surface area contributed by atoms with E-state index in [-0.39, 0.29) is 17.9 Å². The second-order valence-electron chi connectivity index (χ2n) is 7.09. The van der Waals surface area contributed by atoms with Crippen molar-refractivity contribution in [2.75, 3.05) is 19.5 Å². The molecule has 0 aliphatic carbocycles. The molecule has 0 aliphatic heterocycles. The van der Waals surface area contributed by atoms with Gasteiger partial charge in [0.1, 0.15) is 10.4 Å². The second-order valence-corrected chi connectivity index (χ2v) is 10.1. The number of methoxy groups -OCH3 is 1. The van der Waals surface area contributed by atoms with Crippen molar-refractivity contribution in [1.82, 2.24) is 14.1 Å². The third kappa shape index (κ3) is 4.63. The van der Waals surface area contributed by atoms with E-state index in [9.17, 15) is 9.59 Å². The van der Waals surface area contributed by atoms with Crippen LogP contribution in [0.4, 0.5) is 0 Å². The second kappa shape index (κ2) is 10.3. The van der Waals surface area contributed by atoms with Gasteiger partial charge in [-0.1, -0.05) is 46.8 Å². The Morgan fingerprint density at radius 2 is 2.00 bits per heavy atom. The van der Waals surface area contributed by atoms with E-state index < -0.39 is 5.97 Å². The lowest BCUT2D eigenvalue weighted by Crippen LogP contribution is -2.22. The molecule has 2 aromatic heterocycles. The summed E-state index contributed by atoms with van der Waals surface area (Å²) in [5.74, 6) is 0.0928. The number of hydrogen-bond acceptors (Lipinski definition) is 8. The largest absolute Gasteiger partial charge is 0.495 e. The summed E-state index contributed by atoms with van der Waals surface area (Å²) in [5, 5.41) is 0.953. The molecule has 2 aromatic carbocycles. The molecule has 0 fully saturated rings. The van der Waals surface area contributed by atoms with Gasteiger partial charge in [0.25, 0.3) is 5.56 Å². The number of nitrogens with zero attached hydrogens (tertiary/aromatic N) is 3. The molecule has 0 saturated carbocycles. The number of hydrogen-bond donors (Lipinski definition) is 0. The molecule has 176 valence electrons. The van der Waals surface area contributed by atoms with Crippen molar-refractivity contribution in [2.24, 2.45) is 0 Å². The minimum atomic E-state index is -0.399. The fraction of sp³-hybridized carbons (Fsp3) is 0.217. The van der Waals surface area contributed by atoms with E-state index in [4.69, 9.17) is 38.3 Å². The minimum absolute atomic E-state index is 0.00808. The third-order valence-corrected chi connectivity index (χ3v) is 7.61. The van der Waals surface area contributed by atoms with Gasteiger partial charge < -0.3 is 9.47 Å². The predicted molar refractivity (Wildman–Crippen MR) is 139 cm³/mol. The first kappa shape index (κ1) is 24.5. The third-order valence-electron chi connectivity index (χ3n) is 4.93. The maximum absolute atomic E-state index is 13.8. The van der Waals surface area contributed by atoms with Crippen molar-refractivity contribution in [2.45, 2.75) is 19.0 Å². The number of ether oxygens (including phenoxy) is 2. The fourth-order valence-electron chi connectivity index (χ4n) is 3.38. The number of para-hydroxylation sites is 2. The Morgan fingerprint density at radius 3 is 2.71 bits per heavy atom. The molecular formula is C23H20ClN3O4S3. The number of aromatic nitrogens is 3. The Balaban J connectivity index is 1.99. The van der Waals surface area contributed by atoms with Gasteiger partial charge in [-0.2, -0.15) is 0 Å². The van der Waals surface area contributed by atoms with Crippen molar-refractivity contribution < 1.29 is 14.3 Å². The summed E-state index contributed by atoms with van der Waals surface area (Å²) in [4.78, 5) is 30.7. The molecular weight excluding hydrogens is 514 g/mol. The lowest BCUT2D eigenvalue weighted by Gasteiger charge is -2.15. The molecule has 4 aromatic rings. The average Bonchev–Trinajstić information content (AvgIpc) is 3.16. The van der Waals surface area contributed by atoms with E-state index in [1.807, 2.05) is 25.1 Å². The molecule has 4 rings (SSSR count). The van der Waals surface area contributed by atoms with Crippen LogP contribution in [0.3, 0.4) is 0 Å². The molecule has 0 saturated heterocycles. The van der Waals surface area contributed by atoms with E-state index in [1.54, 1.807) is 35.8 Å². The van der Waals surface area contributed by atoms with Gasteiger partial charge in [0.2, 0.25) is 0 Å². The number of thioether (sulfide) groups is 1. The summed E-state index contributed by atoms with van der Waals surface area (Å²) in [6.45, 7) is 3.91. The predicted octanol–water partition coefficient (Wildman–Crippen LogP) is 5.59. The maximum atomic E-state index is 13.8. The summed E-state index contributed by atoms with van der Waals surface area (Å²) < 4.78 is 14.6. The maximum Gasteiger partial charge on any atom is 0.316 e. The van der Waals surface area contributed by atoms with Gasteiger partial charge in [0.15, 0.2) is 14.8 Å². The molecule has 2 heterocycles. The summed E-state index contributed by atoms with van der Waals surface area (Å²) >= 11 is 14.1. The van der Waals surface area contributed by atoms with Crippen molar-refractivity contribution in [1.29, 1.82) is 0 Å². The van der Waals surface area contributed by atoms with Crippen LogP contribution in [0.15, 0.2) is 52.4 Å². The van der Waals surface area contributed by atoms with Crippen LogP contribution in [0.2, 0.25) is 5.02 Å². The van der Waals surface area contributed by atoms with E-state index in [2.05, 4.69) is 0 Å². The van der Waals surface area contributed by atoms with Crippen molar-refractivity contribution in [3.05, 3.63) is 67.4 Å². The van der Waals surface area contributed by atoms with Crippen molar-refractivity contribution in [3.63, 3.8) is 0 Å². The number of halogens is 1. The quantitative estimate of drug-likeness (QED) is 0.133. The van der Waals surface area contributed by atoms with Gasteiger partial charge >= 0.3 is 5.97 Å². The first-order valence-electron chi connectivity index (χ1n) is 10.2. The molecule has 0 spiro atoms. The number of rotatable bonds is 7. The smallest absolute Gasteiger partial charge is 0.316 e. The van der Waals surface area contributed by atoms with Crippen LogP contribution in [-0.2, 0) is 9.53 Å². The summed E-state index contributed by atoms with van der Waals surface area (Å²) in [6.07, 6.45) is 0. The van der Waals surface area contributed by atoms with Crippen LogP contribution >= 0.6 is 46.9 Å². The van der Waals surface area contributed by atoms with Crippen LogP contribution in [0, 0.1) is 10.9 Å². The van der Waals surface area contributed by atoms with Crippen molar-refractivity contribution in [3.8, 4) is 17.1 Å². The van der Waals surface area contributed by atoms with Crippen molar-refractivity contribution >= 4 is 63.2 Å². The van der Waals surface area contributed by atoms with E-state index >= 15 is 0 Å². The monoisotopic (exact) mass is 533 g/mol. The number of aryl methyl sites for hydroxylation is 1. The summed E-state index contributed by atoms with van der Waals surface area (Å²) in [7, 11) is 1.53. The molecule has 0 bridgehead atoms. The molecule has 11 heteroatoms. The topological polar surface area (TPSA) is 75.4 Å². The molecule has 34 heavy (non-hydrogen) atoms. The minimum Gasteiger partial charge on any atom is -0.495 e. The Morgan fingerprint density at radius 1 is 1.24 bits per heavy atom. The van der Waals surface area contributed by atoms with E-state index in [0.29, 0.717) is 35.9 Å². The Hall–Kier alpha value is -2.66. The Kier molecular flexibility index (Phi) is 7.42. The molecule has 0 aliphatic rings. The van der Waals surface area contributed by atoms with Crippen LogP contribution < -0.4 is 10.3 Å². The van der Waals surface area contributed by atoms with Gasteiger partial charge in [0.05, 0.1) is 25.2 Å².